The van der Waals surface area contributed by atoms with Crippen molar-refractivity contribution in [3.05, 3.63) is 11.6 Å². The fourth-order valence-electron chi connectivity index (χ4n) is 15.3. The quantitative estimate of drug-likeness (QED) is 0.0841. The molecule has 25 atom stereocenters. The average Bonchev–Trinajstić information content (AvgIpc) is 3.29. The second-order valence-electron chi connectivity index (χ2n) is 23.5. The summed E-state index contributed by atoms with van der Waals surface area (Å²) in [7, 11) is 0. The number of aliphatic hydroxyl groups is 12. The van der Waals surface area contributed by atoms with Gasteiger partial charge in [0.15, 0.2) is 18.9 Å². The highest BCUT2D eigenvalue weighted by Crippen LogP contribution is 2.76. The molecule has 390 valence electrons. The van der Waals surface area contributed by atoms with E-state index in [1.807, 2.05) is 6.92 Å². The SMILES string of the molecule is CC1(C)CC[C@]2(C(=O)O)CC[C@]3(C)C(=CC[C@@H]4[C@@]5(C)C[C@H](O)[C@H](O[C@@H]6O[C@H](CO)[C@@H](O[C@@H]7O[C@H](CO)[C@@H](O)[C@H](O)[C@H]7O)[C@H](O[C@@H]7O[C@H](CO)[C@H](O)[C@H](O)[C@H]7O)[C@H]6O)[C@@](C)(CO)[C@@H]5CC[C@]43C)[C@@H]2C1. The van der Waals surface area contributed by atoms with Gasteiger partial charge in [-0.2, -0.15) is 0 Å². The minimum Gasteiger partial charge on any atom is -0.481 e. The summed E-state index contributed by atoms with van der Waals surface area (Å²) in [6, 6.07) is 0. The first kappa shape index (κ1) is 52.8. The van der Waals surface area contributed by atoms with Crippen LogP contribution in [0.2, 0.25) is 0 Å². The third kappa shape index (κ3) is 8.07. The lowest BCUT2D eigenvalue weighted by atomic mass is 9.33. The summed E-state index contributed by atoms with van der Waals surface area (Å²) in [4.78, 5) is 13.2. The minimum absolute atomic E-state index is 0.00727. The standard InChI is InChI=1S/C48H78O20/c1-43(2)11-13-48(42(61)62)14-12-46(5)21(22(48)15-43)7-8-28-44(3)16-23(53)38(45(4,20-52)27(44)9-10-47(28,46)6)68-41-35(60)37(67-40-34(59)32(57)30(55)25(18-50)64-40)36(26(19-51)65-41)66-39-33(58)31(56)29(54)24(17-49)63-39/h7,22-41,49-60H,8-20H2,1-6H3,(H,61,62)/t22-,23-,24+,25+,26+,27+,28+,29+,30-,31-,32-,33+,34+,35+,36+,37+,38-,39-,40-,41-,44-,45-,46+,47+,48-/m0/s1. The molecule has 0 radical (unpaired) electrons. The molecule has 5 aliphatic carbocycles. The third-order valence-corrected chi connectivity index (χ3v) is 19.5. The Balaban J connectivity index is 1.09. The maximum Gasteiger partial charge on any atom is 0.310 e. The van der Waals surface area contributed by atoms with Gasteiger partial charge in [-0.05, 0) is 97.2 Å². The van der Waals surface area contributed by atoms with Gasteiger partial charge < -0.3 is 94.8 Å². The summed E-state index contributed by atoms with van der Waals surface area (Å²) < 4.78 is 36.1. The summed E-state index contributed by atoms with van der Waals surface area (Å²) in [5.74, 6) is -1.04. The maximum absolute atomic E-state index is 13.2. The number of carbonyl (C=O) groups is 1. The molecular formula is C48H78O20. The van der Waals surface area contributed by atoms with E-state index in [0.29, 0.717) is 25.7 Å². The first-order chi connectivity index (χ1) is 31.8. The van der Waals surface area contributed by atoms with Crippen molar-refractivity contribution in [1.82, 2.24) is 0 Å². The average molecular weight is 975 g/mol. The zero-order valence-corrected chi connectivity index (χ0v) is 40.0. The first-order valence-electron chi connectivity index (χ1n) is 24.6. The molecule has 7 fully saturated rings. The van der Waals surface area contributed by atoms with E-state index in [0.717, 1.165) is 25.7 Å². The zero-order chi connectivity index (χ0) is 49.8. The molecule has 0 spiro atoms. The van der Waals surface area contributed by atoms with Crippen LogP contribution in [0, 0.1) is 50.2 Å². The Morgan fingerprint density at radius 1 is 0.618 bits per heavy atom. The predicted octanol–water partition coefficient (Wildman–Crippen LogP) is -1.35. The Morgan fingerprint density at radius 2 is 1.15 bits per heavy atom. The Kier molecular flexibility index (Phi) is 14.6. The normalized spacial score (nSPS) is 54.6. The van der Waals surface area contributed by atoms with E-state index in [-0.39, 0.29) is 40.4 Å². The minimum atomic E-state index is -1.98. The van der Waals surface area contributed by atoms with E-state index in [9.17, 15) is 71.2 Å². The number of hydrogen-bond donors (Lipinski definition) is 13. The fourth-order valence-corrected chi connectivity index (χ4v) is 15.3. The molecule has 20 heteroatoms. The Bertz CT molecular complexity index is 1850. The van der Waals surface area contributed by atoms with Crippen molar-refractivity contribution in [2.45, 2.75) is 204 Å². The number of hydrogen-bond acceptors (Lipinski definition) is 19. The molecule has 4 saturated carbocycles. The van der Waals surface area contributed by atoms with Crippen molar-refractivity contribution in [2.75, 3.05) is 26.4 Å². The molecule has 3 heterocycles. The van der Waals surface area contributed by atoms with Crippen LogP contribution in [-0.2, 0) is 33.2 Å². The number of allylic oxidation sites excluding steroid dienone is 2. The molecule has 0 aromatic heterocycles. The molecule has 0 unspecified atom stereocenters. The maximum atomic E-state index is 13.2. The van der Waals surface area contributed by atoms with Crippen LogP contribution in [0.5, 0.6) is 0 Å². The fraction of sp³-hybridized carbons (Fsp3) is 0.938. The van der Waals surface area contributed by atoms with Crippen LogP contribution in [0.3, 0.4) is 0 Å². The van der Waals surface area contributed by atoms with Crippen molar-refractivity contribution in [3.8, 4) is 0 Å². The van der Waals surface area contributed by atoms with Gasteiger partial charge in [-0.3, -0.25) is 4.79 Å². The summed E-state index contributed by atoms with van der Waals surface area (Å²) in [6.45, 7) is 10.1. The van der Waals surface area contributed by atoms with Gasteiger partial charge in [0.2, 0.25) is 0 Å². The molecule has 3 aliphatic heterocycles. The monoisotopic (exact) mass is 975 g/mol. The Morgan fingerprint density at radius 3 is 1.69 bits per heavy atom. The van der Waals surface area contributed by atoms with E-state index >= 15 is 0 Å². The largest absolute Gasteiger partial charge is 0.481 e. The van der Waals surface area contributed by atoms with Crippen LogP contribution in [0.25, 0.3) is 0 Å². The lowest BCUT2D eigenvalue weighted by Gasteiger charge is -2.71. The van der Waals surface area contributed by atoms with Gasteiger partial charge in [0.1, 0.15) is 73.2 Å². The summed E-state index contributed by atoms with van der Waals surface area (Å²) in [6.07, 6.45) is -20.9. The zero-order valence-electron chi connectivity index (χ0n) is 40.0. The van der Waals surface area contributed by atoms with Crippen molar-refractivity contribution in [1.29, 1.82) is 0 Å². The molecule has 8 aliphatic rings. The molecule has 0 bridgehead atoms. The number of fused-ring (bicyclic) bond motifs is 7. The number of carboxylic acid groups (broad SMARTS) is 1. The second kappa shape index (κ2) is 18.8. The second-order valence-corrected chi connectivity index (χ2v) is 23.5. The van der Waals surface area contributed by atoms with Gasteiger partial charge in [0.05, 0.1) is 44.1 Å². The lowest BCUT2D eigenvalue weighted by Crippen LogP contribution is -2.70. The van der Waals surface area contributed by atoms with Gasteiger partial charge in [-0.25, -0.2) is 0 Å². The smallest absolute Gasteiger partial charge is 0.310 e. The number of ether oxygens (including phenoxy) is 6. The van der Waals surface area contributed by atoms with Crippen LogP contribution in [0.1, 0.15) is 99.3 Å². The molecule has 3 saturated heterocycles. The van der Waals surface area contributed by atoms with E-state index in [1.165, 1.54) is 5.57 Å². The van der Waals surface area contributed by atoms with Crippen molar-refractivity contribution < 1.29 is 99.6 Å². The highest BCUT2D eigenvalue weighted by atomic mass is 16.8. The molecule has 20 nitrogen and oxygen atoms in total. The topological polar surface area (TPSA) is 335 Å². The highest BCUT2D eigenvalue weighted by molar-refractivity contribution is 5.76. The van der Waals surface area contributed by atoms with Gasteiger partial charge in [-0.15, -0.1) is 0 Å². The van der Waals surface area contributed by atoms with Crippen molar-refractivity contribution in [3.63, 3.8) is 0 Å². The molecule has 0 aromatic rings. The van der Waals surface area contributed by atoms with E-state index in [4.69, 9.17) is 28.4 Å². The van der Waals surface area contributed by atoms with Crippen molar-refractivity contribution >= 4 is 5.97 Å². The van der Waals surface area contributed by atoms with Gasteiger partial charge in [0.25, 0.3) is 0 Å². The predicted molar refractivity (Wildman–Crippen MR) is 233 cm³/mol. The number of aliphatic hydroxyl groups excluding tert-OH is 12. The summed E-state index contributed by atoms with van der Waals surface area (Å²) >= 11 is 0. The van der Waals surface area contributed by atoms with Crippen LogP contribution >= 0.6 is 0 Å². The summed E-state index contributed by atoms with van der Waals surface area (Å²) in [5, 5.41) is 142. The molecule has 68 heavy (non-hydrogen) atoms. The van der Waals surface area contributed by atoms with Gasteiger partial charge in [-0.1, -0.05) is 53.2 Å². The van der Waals surface area contributed by atoms with Crippen LogP contribution in [0.15, 0.2) is 11.6 Å². The highest BCUT2D eigenvalue weighted by Gasteiger charge is 2.71. The van der Waals surface area contributed by atoms with Gasteiger partial charge in [0, 0.05) is 5.41 Å². The Labute approximate surface area is 396 Å². The van der Waals surface area contributed by atoms with E-state index < -0.39 is 153 Å². The Hall–Kier alpha value is -1.51. The van der Waals surface area contributed by atoms with Crippen molar-refractivity contribution in [2.24, 2.45) is 50.2 Å². The molecular weight excluding hydrogens is 897 g/mol. The molecule has 0 aromatic carbocycles. The van der Waals surface area contributed by atoms with Crippen LogP contribution in [0.4, 0.5) is 0 Å². The number of rotatable bonds is 11. The molecule has 8 rings (SSSR count). The van der Waals surface area contributed by atoms with Gasteiger partial charge >= 0.3 is 5.97 Å². The van der Waals surface area contributed by atoms with Crippen LogP contribution in [-0.4, -0.2) is 203 Å². The molecule has 0 amide bonds. The first-order valence-corrected chi connectivity index (χ1v) is 24.6. The summed E-state index contributed by atoms with van der Waals surface area (Å²) in [5.41, 5.74) is -1.92. The van der Waals surface area contributed by atoms with E-state index in [1.54, 1.807) is 0 Å². The molecule has 13 N–H and O–H groups in total. The lowest BCUT2D eigenvalue weighted by molar-refractivity contribution is -0.397. The third-order valence-electron chi connectivity index (χ3n) is 19.5. The number of carboxylic acids is 1. The van der Waals surface area contributed by atoms with E-state index in [2.05, 4.69) is 40.7 Å². The van der Waals surface area contributed by atoms with Crippen LogP contribution < -0.4 is 0 Å². The number of aliphatic carboxylic acids is 1.